The van der Waals surface area contributed by atoms with E-state index in [2.05, 4.69) is 4.74 Å². The number of phenols is 1. The first kappa shape index (κ1) is 19.8. The summed E-state index contributed by atoms with van der Waals surface area (Å²) in [4.78, 5) is 0. The summed E-state index contributed by atoms with van der Waals surface area (Å²) < 4.78 is 40.2. The van der Waals surface area contributed by atoms with Crippen molar-refractivity contribution < 1.29 is 28.1 Å². The van der Waals surface area contributed by atoms with Crippen LogP contribution in [0.5, 0.6) is 11.5 Å². The van der Waals surface area contributed by atoms with Gasteiger partial charge in [-0.05, 0) is 24.1 Å². The maximum absolute atomic E-state index is 12.2. The summed E-state index contributed by atoms with van der Waals surface area (Å²) >= 11 is 0. The van der Waals surface area contributed by atoms with Crippen LogP contribution in [-0.4, -0.2) is 22.7 Å². The third kappa shape index (κ3) is 5.61. The molecule has 0 aromatic heterocycles. The average molecular weight is 330 g/mol. The van der Waals surface area contributed by atoms with Gasteiger partial charge in [0.05, 0.1) is 12.1 Å². The van der Waals surface area contributed by atoms with Crippen LogP contribution in [-0.2, 0) is 0 Å². The number of alkyl halides is 3. The quantitative estimate of drug-likeness (QED) is 0.776. The summed E-state index contributed by atoms with van der Waals surface area (Å²) in [6.07, 6.45) is -5.16. The fourth-order valence-corrected chi connectivity index (χ4v) is 1.78. The van der Waals surface area contributed by atoms with E-state index >= 15 is 0 Å². The Morgan fingerprint density at radius 1 is 1.33 bits per heavy atom. The number of ether oxygens (including phenoxy) is 1. The summed E-state index contributed by atoms with van der Waals surface area (Å²) in [6, 6.07) is 2.02. The van der Waals surface area contributed by atoms with Gasteiger partial charge >= 0.3 is 6.36 Å². The van der Waals surface area contributed by atoms with Gasteiger partial charge in [-0.25, -0.2) is 0 Å². The zero-order valence-electron chi connectivity index (χ0n) is 11.6. The molecule has 3 atom stereocenters. The number of benzene rings is 1. The third-order valence-corrected chi connectivity index (χ3v) is 3.19. The Labute approximate surface area is 127 Å². The second kappa shape index (κ2) is 7.72. The number of aliphatic hydroxyl groups excluding tert-OH is 1. The van der Waals surface area contributed by atoms with Crippen LogP contribution in [0, 0.1) is 5.92 Å². The van der Waals surface area contributed by atoms with Crippen molar-refractivity contribution in [3.63, 3.8) is 0 Å². The Morgan fingerprint density at radius 2 is 1.90 bits per heavy atom. The number of halogens is 4. The third-order valence-electron chi connectivity index (χ3n) is 3.19. The van der Waals surface area contributed by atoms with E-state index in [9.17, 15) is 23.4 Å². The Morgan fingerprint density at radius 3 is 2.38 bits per heavy atom. The topological polar surface area (TPSA) is 75.7 Å². The number of hydrogen-bond donors (Lipinski definition) is 3. The fourth-order valence-electron chi connectivity index (χ4n) is 1.78. The number of aromatic hydroxyl groups is 1. The molecule has 0 saturated carbocycles. The van der Waals surface area contributed by atoms with E-state index in [4.69, 9.17) is 5.73 Å². The highest BCUT2D eigenvalue weighted by Crippen LogP contribution is 2.33. The van der Waals surface area contributed by atoms with Crippen molar-refractivity contribution in [3.8, 4) is 11.5 Å². The molecule has 0 fully saturated rings. The zero-order chi connectivity index (χ0) is 15.5. The Kier molecular flexibility index (Phi) is 7.29. The Balaban J connectivity index is 0.00000400. The molecule has 0 aliphatic carbocycles. The minimum Gasteiger partial charge on any atom is -0.508 e. The van der Waals surface area contributed by atoms with Crippen LogP contribution in [0.3, 0.4) is 0 Å². The van der Waals surface area contributed by atoms with Gasteiger partial charge in [-0.15, -0.1) is 25.6 Å². The molecule has 0 heterocycles. The first-order valence-electron chi connectivity index (χ1n) is 6.18. The lowest BCUT2D eigenvalue weighted by atomic mass is 9.91. The molecule has 0 aliphatic rings. The normalized spacial score (nSPS) is 15.8. The lowest BCUT2D eigenvalue weighted by Gasteiger charge is -2.25. The van der Waals surface area contributed by atoms with E-state index in [1.807, 2.05) is 6.92 Å². The molecule has 4 N–H and O–H groups in total. The smallest absolute Gasteiger partial charge is 0.508 e. The van der Waals surface area contributed by atoms with Crippen molar-refractivity contribution >= 4 is 12.4 Å². The molecule has 0 spiro atoms. The summed E-state index contributed by atoms with van der Waals surface area (Å²) in [5, 5.41) is 19.7. The van der Waals surface area contributed by atoms with Crippen LogP contribution in [0.1, 0.15) is 31.9 Å². The maximum Gasteiger partial charge on any atom is 0.573 e. The molecule has 4 nitrogen and oxygen atoms in total. The lowest BCUT2D eigenvalue weighted by Crippen LogP contribution is -2.31. The number of phenolic OH excluding ortho intramolecular Hbond substituents is 1. The highest BCUT2D eigenvalue weighted by Gasteiger charge is 2.32. The van der Waals surface area contributed by atoms with Crippen molar-refractivity contribution in [2.45, 2.75) is 38.8 Å². The second-order valence-corrected chi connectivity index (χ2v) is 4.67. The van der Waals surface area contributed by atoms with Gasteiger partial charge in [0.15, 0.2) is 0 Å². The molecule has 1 rings (SSSR count). The van der Waals surface area contributed by atoms with E-state index in [1.54, 1.807) is 6.92 Å². The molecule has 0 saturated heterocycles. The molecule has 0 aliphatic heterocycles. The minimum atomic E-state index is -4.83. The van der Waals surface area contributed by atoms with Crippen LogP contribution in [0.4, 0.5) is 13.2 Å². The second-order valence-electron chi connectivity index (χ2n) is 4.67. The van der Waals surface area contributed by atoms with E-state index < -0.39 is 24.3 Å². The van der Waals surface area contributed by atoms with Gasteiger partial charge in [-0.2, -0.15) is 0 Å². The van der Waals surface area contributed by atoms with Gasteiger partial charge in [0.1, 0.15) is 11.5 Å². The first-order chi connectivity index (χ1) is 9.15. The van der Waals surface area contributed by atoms with Gasteiger partial charge in [0, 0.05) is 5.56 Å². The van der Waals surface area contributed by atoms with Crippen molar-refractivity contribution in [3.05, 3.63) is 23.8 Å². The van der Waals surface area contributed by atoms with Crippen LogP contribution < -0.4 is 10.5 Å². The van der Waals surface area contributed by atoms with Crippen LogP contribution in [0.25, 0.3) is 0 Å². The molecule has 8 heteroatoms. The summed E-state index contributed by atoms with van der Waals surface area (Å²) in [6.45, 7) is 3.61. The van der Waals surface area contributed by atoms with Gasteiger partial charge in [-0.1, -0.05) is 20.3 Å². The molecule has 1 unspecified atom stereocenters. The van der Waals surface area contributed by atoms with Crippen LogP contribution in [0.15, 0.2) is 18.2 Å². The molecule has 1 aromatic carbocycles. The predicted octanol–water partition coefficient (Wildman–Crippen LogP) is 3.12. The van der Waals surface area contributed by atoms with Crippen molar-refractivity contribution in [1.29, 1.82) is 0 Å². The van der Waals surface area contributed by atoms with Gasteiger partial charge < -0.3 is 20.7 Å². The highest BCUT2D eigenvalue weighted by molar-refractivity contribution is 5.85. The van der Waals surface area contributed by atoms with Crippen molar-refractivity contribution in [1.82, 2.24) is 0 Å². The number of aliphatic hydroxyl groups is 1. The molecular weight excluding hydrogens is 311 g/mol. The van der Waals surface area contributed by atoms with E-state index in [-0.39, 0.29) is 29.6 Å². The maximum atomic E-state index is 12.2. The predicted molar refractivity (Wildman–Crippen MR) is 74.4 cm³/mol. The van der Waals surface area contributed by atoms with Crippen molar-refractivity contribution in [2.75, 3.05) is 0 Å². The molecule has 0 radical (unpaired) electrons. The van der Waals surface area contributed by atoms with E-state index in [1.165, 1.54) is 0 Å². The lowest BCUT2D eigenvalue weighted by molar-refractivity contribution is -0.274. The first-order valence-corrected chi connectivity index (χ1v) is 6.18. The zero-order valence-corrected chi connectivity index (χ0v) is 12.4. The van der Waals surface area contributed by atoms with Gasteiger partial charge in [0.25, 0.3) is 0 Å². The molecule has 0 amide bonds. The van der Waals surface area contributed by atoms with Gasteiger partial charge in [-0.3, -0.25) is 0 Å². The number of nitrogens with two attached hydrogens (primary N) is 1. The van der Waals surface area contributed by atoms with Crippen LogP contribution >= 0.6 is 12.4 Å². The monoisotopic (exact) mass is 329 g/mol. The summed E-state index contributed by atoms with van der Waals surface area (Å²) in [5.74, 6) is -0.928. The summed E-state index contributed by atoms with van der Waals surface area (Å²) in [7, 11) is 0. The molecule has 21 heavy (non-hydrogen) atoms. The number of rotatable bonds is 5. The standard InChI is InChI=1S/C13H18F3NO3.ClH/c1-3-7(2)12(19)11(17)9-6-8(4-5-10(9)18)20-13(14,15)16;/h4-7,11-12,18-19H,3,17H2,1-2H3;1H/t7?,11-,12+;/m1./s1. The SMILES string of the molecule is CCC(C)[C@H](O)[C@H](N)c1cc(OC(F)(F)F)ccc1O.Cl. The number of hydrogen-bond acceptors (Lipinski definition) is 4. The average Bonchev–Trinajstić information content (AvgIpc) is 2.36. The summed E-state index contributed by atoms with van der Waals surface area (Å²) in [5.41, 5.74) is 5.82. The van der Waals surface area contributed by atoms with Crippen molar-refractivity contribution in [2.24, 2.45) is 11.7 Å². The highest BCUT2D eigenvalue weighted by atomic mass is 35.5. The Hall–Kier alpha value is -1.18. The van der Waals surface area contributed by atoms with E-state index in [0.29, 0.717) is 6.42 Å². The molecule has 1 aromatic rings. The minimum absolute atomic E-state index is 0. The largest absolute Gasteiger partial charge is 0.573 e. The van der Waals surface area contributed by atoms with Crippen LogP contribution in [0.2, 0.25) is 0 Å². The molecule has 0 bridgehead atoms. The molecule has 122 valence electrons. The van der Waals surface area contributed by atoms with E-state index in [0.717, 1.165) is 18.2 Å². The van der Waals surface area contributed by atoms with Gasteiger partial charge in [0.2, 0.25) is 0 Å². The molecular formula is C13H19ClF3NO3. The Bertz CT molecular complexity index is 457. The fraction of sp³-hybridized carbons (Fsp3) is 0.538.